The molecule has 0 unspecified atom stereocenters. The van der Waals surface area contributed by atoms with Crippen molar-refractivity contribution < 1.29 is 14.3 Å². The van der Waals surface area contributed by atoms with Crippen LogP contribution in [0.1, 0.15) is 17.8 Å². The molecule has 3 aromatic rings. The lowest BCUT2D eigenvalue weighted by Gasteiger charge is -2.09. The third-order valence-corrected chi connectivity index (χ3v) is 4.38. The third kappa shape index (κ3) is 8.03. The van der Waals surface area contributed by atoms with Crippen LogP contribution in [-0.4, -0.2) is 44.1 Å². The molecule has 6 N–H and O–H groups in total. The highest BCUT2D eigenvalue weighted by Gasteiger charge is 2.07. The van der Waals surface area contributed by atoms with Crippen LogP contribution in [0.15, 0.2) is 48.5 Å². The van der Waals surface area contributed by atoms with E-state index < -0.39 is 0 Å². The van der Waals surface area contributed by atoms with Gasteiger partial charge < -0.3 is 30.4 Å². The number of methoxy groups -OCH3 is 1. The van der Waals surface area contributed by atoms with Crippen molar-refractivity contribution in [2.24, 2.45) is 11.6 Å². The quantitative estimate of drug-likeness (QED) is 0.225. The number of allylic oxidation sites excluding steroid dienone is 1. The third-order valence-electron chi connectivity index (χ3n) is 4.09. The normalized spacial score (nSPS) is 10.5. The topological polar surface area (TPSA) is 128 Å². The average Bonchev–Trinajstić information content (AvgIpc) is 3.25. The van der Waals surface area contributed by atoms with E-state index in [1.165, 1.54) is 7.05 Å². The Morgan fingerprint density at radius 2 is 1.97 bits per heavy atom. The number of imidazole rings is 1. The Kier molecular flexibility index (Phi) is 12.6. The van der Waals surface area contributed by atoms with Gasteiger partial charge in [-0.25, -0.2) is 4.98 Å². The molecule has 0 aliphatic carbocycles. The highest BCUT2D eigenvalue weighted by molar-refractivity contribution is 6.32. The van der Waals surface area contributed by atoms with E-state index in [2.05, 4.69) is 21.1 Å². The number of ether oxygens (including phenoxy) is 2. The standard InChI is InChI=1S/C20H23ClN4O2.CH5N.CH2O/c1-26-11-4-12-27-19-10-8-14(13-15(19)21)7-9-18(25-22)20-23-16-5-2-3-6-17(16)24-20;2*1-2/h2-3,5-6,8-10,13,25H,4,7,11-12,22H2,1H3,(H,23,24);2H2,1H3;1H2/b18-9-;;. The molecule has 0 saturated carbocycles. The van der Waals surface area contributed by atoms with E-state index in [-0.39, 0.29) is 0 Å². The van der Waals surface area contributed by atoms with Crippen LogP contribution in [0.5, 0.6) is 5.75 Å². The minimum absolute atomic E-state index is 0.570. The molecule has 0 radical (unpaired) electrons. The number of hydrogen-bond acceptors (Lipinski definition) is 7. The van der Waals surface area contributed by atoms with Crippen molar-refractivity contribution in [1.82, 2.24) is 15.4 Å². The van der Waals surface area contributed by atoms with Crippen LogP contribution in [0.2, 0.25) is 5.02 Å². The molecule has 0 amide bonds. The van der Waals surface area contributed by atoms with Crippen LogP contribution >= 0.6 is 11.6 Å². The van der Waals surface area contributed by atoms with Gasteiger partial charge in [-0.2, -0.15) is 0 Å². The van der Waals surface area contributed by atoms with E-state index in [1.807, 2.05) is 55.3 Å². The summed E-state index contributed by atoms with van der Waals surface area (Å²) >= 11 is 6.33. The zero-order chi connectivity index (χ0) is 23.1. The van der Waals surface area contributed by atoms with Crippen LogP contribution in [0.3, 0.4) is 0 Å². The fourth-order valence-corrected chi connectivity index (χ4v) is 2.96. The lowest BCUT2D eigenvalue weighted by Crippen LogP contribution is -2.21. The summed E-state index contributed by atoms with van der Waals surface area (Å²) in [6.07, 6.45) is 3.45. The van der Waals surface area contributed by atoms with E-state index in [0.29, 0.717) is 36.2 Å². The first kappa shape index (κ1) is 26.1. The number of H-pyrrole nitrogens is 1. The number of nitrogens with two attached hydrogens (primary N) is 2. The fourth-order valence-electron chi connectivity index (χ4n) is 2.70. The minimum atomic E-state index is 0.570. The number of aromatic nitrogens is 2. The number of fused-ring (bicyclic) bond motifs is 1. The van der Waals surface area contributed by atoms with Gasteiger partial charge in [0.05, 0.1) is 28.4 Å². The fraction of sp³-hybridized carbons (Fsp3) is 0.273. The number of para-hydroxylation sites is 2. The van der Waals surface area contributed by atoms with Gasteiger partial charge in [-0.1, -0.05) is 35.9 Å². The van der Waals surface area contributed by atoms with Gasteiger partial charge in [-0.05, 0) is 43.3 Å². The van der Waals surface area contributed by atoms with Gasteiger partial charge in [0.1, 0.15) is 12.5 Å². The van der Waals surface area contributed by atoms with Gasteiger partial charge in [0.15, 0.2) is 5.82 Å². The number of halogens is 1. The molecule has 2 aromatic carbocycles. The molecule has 0 spiro atoms. The van der Waals surface area contributed by atoms with E-state index in [4.69, 9.17) is 31.7 Å². The molecule has 8 nitrogen and oxygen atoms in total. The molecule has 0 aliphatic rings. The molecule has 1 aromatic heterocycles. The summed E-state index contributed by atoms with van der Waals surface area (Å²) in [6.45, 7) is 3.23. The maximum Gasteiger partial charge on any atom is 0.155 e. The average molecular weight is 448 g/mol. The minimum Gasteiger partial charge on any atom is -0.492 e. The van der Waals surface area contributed by atoms with Crippen LogP contribution in [0.4, 0.5) is 0 Å². The van der Waals surface area contributed by atoms with E-state index >= 15 is 0 Å². The lowest BCUT2D eigenvalue weighted by molar-refractivity contribution is -0.0979. The van der Waals surface area contributed by atoms with E-state index in [0.717, 1.165) is 28.7 Å². The number of hydrogen-bond donors (Lipinski definition) is 4. The molecule has 0 saturated heterocycles. The van der Waals surface area contributed by atoms with Gasteiger partial charge in [-0.15, -0.1) is 0 Å². The Bertz CT molecular complexity index is 913. The van der Waals surface area contributed by atoms with Gasteiger partial charge in [0.2, 0.25) is 0 Å². The molecule has 31 heavy (non-hydrogen) atoms. The molecular weight excluding hydrogens is 418 g/mol. The molecule has 0 bridgehead atoms. The number of carbonyl (C=O) groups excluding carboxylic acids is 1. The van der Waals surface area contributed by atoms with Crippen molar-refractivity contribution in [2.45, 2.75) is 12.8 Å². The second-order valence-electron chi connectivity index (χ2n) is 6.03. The molecule has 168 valence electrons. The molecule has 0 fully saturated rings. The number of hydrazine groups is 1. The Morgan fingerprint density at radius 1 is 1.23 bits per heavy atom. The summed E-state index contributed by atoms with van der Waals surface area (Å²) in [5.74, 6) is 7.06. The van der Waals surface area contributed by atoms with Crippen molar-refractivity contribution >= 4 is 35.1 Å². The van der Waals surface area contributed by atoms with Crippen LogP contribution < -0.4 is 21.7 Å². The molecule has 1 heterocycles. The van der Waals surface area contributed by atoms with Crippen molar-refractivity contribution in [3.05, 3.63) is 65.0 Å². The van der Waals surface area contributed by atoms with E-state index in [9.17, 15) is 0 Å². The predicted molar refractivity (Wildman–Crippen MR) is 126 cm³/mol. The predicted octanol–water partition coefficient (Wildman–Crippen LogP) is 3.07. The van der Waals surface area contributed by atoms with Crippen molar-refractivity contribution in [3.63, 3.8) is 0 Å². The Labute approximate surface area is 187 Å². The second-order valence-corrected chi connectivity index (χ2v) is 6.44. The van der Waals surface area contributed by atoms with Gasteiger partial charge in [0.25, 0.3) is 0 Å². The largest absolute Gasteiger partial charge is 0.492 e. The van der Waals surface area contributed by atoms with Crippen LogP contribution in [0.25, 0.3) is 16.7 Å². The maximum absolute atomic E-state index is 8.00. The number of aromatic amines is 1. The summed E-state index contributed by atoms with van der Waals surface area (Å²) in [5, 5.41) is 0.587. The van der Waals surface area contributed by atoms with E-state index in [1.54, 1.807) is 7.11 Å². The van der Waals surface area contributed by atoms with Crippen molar-refractivity contribution in [1.29, 1.82) is 0 Å². The number of carbonyl (C=O) groups is 1. The van der Waals surface area contributed by atoms with Crippen molar-refractivity contribution in [3.8, 4) is 5.75 Å². The number of nitrogens with zero attached hydrogens (tertiary/aromatic N) is 1. The first-order chi connectivity index (χ1) is 15.2. The maximum atomic E-state index is 8.00. The van der Waals surface area contributed by atoms with Crippen LogP contribution in [0, 0.1) is 0 Å². The van der Waals surface area contributed by atoms with Crippen LogP contribution in [-0.2, 0) is 16.0 Å². The zero-order valence-corrected chi connectivity index (χ0v) is 18.6. The summed E-state index contributed by atoms with van der Waals surface area (Å²) in [4.78, 5) is 15.8. The summed E-state index contributed by atoms with van der Waals surface area (Å²) < 4.78 is 10.7. The smallest absolute Gasteiger partial charge is 0.155 e. The Morgan fingerprint density at radius 3 is 2.61 bits per heavy atom. The number of rotatable bonds is 9. The lowest BCUT2D eigenvalue weighted by atomic mass is 10.1. The molecule has 0 atom stereocenters. The first-order valence-electron chi connectivity index (χ1n) is 9.60. The Hall–Kier alpha value is -2.91. The number of benzene rings is 2. The molecular formula is C22H30ClN5O3. The SMILES string of the molecule is C=O.CN.COCCCOc1ccc(C/C=C(\NN)c2nc3ccccc3[nH]2)cc1Cl. The van der Waals surface area contributed by atoms with Gasteiger partial charge in [-0.3, -0.25) is 5.84 Å². The summed E-state index contributed by atoms with van der Waals surface area (Å²) in [5.41, 5.74) is 10.8. The highest BCUT2D eigenvalue weighted by atomic mass is 35.5. The molecule has 3 rings (SSSR count). The zero-order valence-electron chi connectivity index (χ0n) is 17.9. The summed E-state index contributed by atoms with van der Waals surface area (Å²) in [6, 6.07) is 13.6. The molecule has 9 heteroatoms. The Balaban J connectivity index is 0.00000113. The summed E-state index contributed by atoms with van der Waals surface area (Å²) in [7, 11) is 3.17. The second kappa shape index (κ2) is 15.0. The monoisotopic (exact) mass is 447 g/mol. The number of nitrogens with one attached hydrogen (secondary N) is 2. The van der Waals surface area contributed by atoms with Gasteiger partial charge in [0, 0.05) is 20.1 Å². The van der Waals surface area contributed by atoms with Crippen molar-refractivity contribution in [2.75, 3.05) is 27.4 Å². The van der Waals surface area contributed by atoms with Gasteiger partial charge >= 0.3 is 0 Å². The first-order valence-corrected chi connectivity index (χ1v) is 9.97. The highest BCUT2D eigenvalue weighted by Crippen LogP contribution is 2.26. The molecule has 0 aliphatic heterocycles.